The maximum absolute atomic E-state index is 12.7. The molecule has 2 fully saturated rings. The van der Waals surface area contributed by atoms with Crippen LogP contribution < -0.4 is 4.74 Å². The number of sulfone groups is 1. The Hall–Kier alpha value is -2.00. The smallest absolute Gasteiger partial charge is 0.316 e. The molecule has 0 aliphatic carbocycles. The van der Waals surface area contributed by atoms with Gasteiger partial charge in [0, 0.05) is 43.5 Å². The number of hydrogen-bond donors (Lipinski definition) is 0. The van der Waals surface area contributed by atoms with E-state index in [1.54, 1.807) is 12.3 Å². The summed E-state index contributed by atoms with van der Waals surface area (Å²) in [6.45, 7) is 5.64. The van der Waals surface area contributed by atoms with Gasteiger partial charge in [-0.25, -0.2) is 18.4 Å². The summed E-state index contributed by atoms with van der Waals surface area (Å²) in [6, 6.07) is 3.98. The molecule has 0 bridgehead atoms. The van der Waals surface area contributed by atoms with E-state index in [2.05, 4.69) is 20.0 Å². The van der Waals surface area contributed by atoms with Gasteiger partial charge in [-0.3, -0.25) is 4.90 Å². The fourth-order valence-electron chi connectivity index (χ4n) is 3.92. The summed E-state index contributed by atoms with van der Waals surface area (Å²) >= 11 is 0. The average Bonchev–Trinajstić information content (AvgIpc) is 3.07. The van der Waals surface area contributed by atoms with E-state index < -0.39 is 14.6 Å². The van der Waals surface area contributed by atoms with E-state index in [0.29, 0.717) is 38.7 Å². The summed E-state index contributed by atoms with van der Waals surface area (Å²) in [7, 11) is -3.14. The number of aromatic nitrogens is 3. The van der Waals surface area contributed by atoms with Gasteiger partial charge in [-0.05, 0) is 26.3 Å². The van der Waals surface area contributed by atoms with Gasteiger partial charge in [-0.15, -0.1) is 0 Å². The van der Waals surface area contributed by atoms with Crippen molar-refractivity contribution in [2.75, 3.05) is 25.4 Å². The first-order valence-corrected chi connectivity index (χ1v) is 10.3. The number of hydrogen-bond acceptors (Lipinski definition) is 8. The predicted molar refractivity (Wildman–Crippen MR) is 93.4 cm³/mol. The molecule has 2 aliphatic rings. The zero-order valence-electron chi connectivity index (χ0n) is 14.9. The lowest BCUT2D eigenvalue weighted by molar-refractivity contribution is 0.0555. The highest BCUT2D eigenvalue weighted by Gasteiger charge is 2.61. The second-order valence-corrected chi connectivity index (χ2v) is 9.69. The van der Waals surface area contributed by atoms with Crippen molar-refractivity contribution in [3.05, 3.63) is 35.5 Å². The molecule has 2 aromatic heterocycles. The Bertz CT molecular complexity index is 905. The lowest BCUT2D eigenvalue weighted by Crippen LogP contribution is -2.67. The van der Waals surface area contributed by atoms with Crippen molar-refractivity contribution in [2.24, 2.45) is 5.92 Å². The van der Waals surface area contributed by atoms with Crippen molar-refractivity contribution >= 4 is 9.84 Å². The van der Waals surface area contributed by atoms with Crippen LogP contribution in [0.25, 0.3) is 0 Å². The third-order valence-electron chi connectivity index (χ3n) is 5.33. The summed E-state index contributed by atoms with van der Waals surface area (Å²) in [5.41, 5.74) is 1.65. The van der Waals surface area contributed by atoms with E-state index in [9.17, 15) is 8.42 Å². The molecule has 0 saturated carbocycles. The van der Waals surface area contributed by atoms with Crippen LogP contribution in [0, 0.1) is 19.8 Å². The van der Waals surface area contributed by atoms with Gasteiger partial charge in [0.1, 0.15) is 10.5 Å². The second kappa shape index (κ2) is 6.31. The highest BCUT2D eigenvalue weighted by molar-refractivity contribution is 7.93. The van der Waals surface area contributed by atoms with Crippen LogP contribution in [0.5, 0.6) is 6.01 Å². The summed E-state index contributed by atoms with van der Waals surface area (Å²) < 4.78 is 35.5. The first-order chi connectivity index (χ1) is 12.4. The van der Waals surface area contributed by atoms with Crippen LogP contribution in [-0.4, -0.2) is 58.6 Å². The van der Waals surface area contributed by atoms with Crippen LogP contribution in [0.15, 0.2) is 22.9 Å². The lowest BCUT2D eigenvalue weighted by atomic mass is 9.83. The van der Waals surface area contributed by atoms with Crippen molar-refractivity contribution in [1.82, 2.24) is 20.0 Å². The number of ether oxygens (including phenoxy) is 1. The fraction of sp³-hybridized carbons (Fsp3) is 0.588. The topological polar surface area (TPSA) is 98.4 Å². The predicted octanol–water partition coefficient (Wildman–Crippen LogP) is 1.15. The fourth-order valence-corrected chi connectivity index (χ4v) is 6.38. The largest absolute Gasteiger partial charge is 0.463 e. The van der Waals surface area contributed by atoms with Gasteiger partial charge in [0.25, 0.3) is 0 Å². The van der Waals surface area contributed by atoms with E-state index in [-0.39, 0.29) is 11.7 Å². The normalized spacial score (nSPS) is 23.8. The van der Waals surface area contributed by atoms with Crippen LogP contribution in [0.3, 0.4) is 0 Å². The molecule has 1 unspecified atom stereocenters. The molecular formula is C17H22N4O4S. The minimum Gasteiger partial charge on any atom is -0.463 e. The first-order valence-electron chi connectivity index (χ1n) is 8.67. The first kappa shape index (κ1) is 17.4. The molecule has 0 N–H and O–H groups in total. The highest BCUT2D eigenvalue weighted by Crippen LogP contribution is 2.45. The van der Waals surface area contributed by atoms with Crippen LogP contribution >= 0.6 is 0 Å². The molecule has 1 spiro atoms. The van der Waals surface area contributed by atoms with E-state index in [1.807, 2.05) is 19.9 Å². The van der Waals surface area contributed by atoms with Gasteiger partial charge in [-0.2, -0.15) is 0 Å². The molecule has 0 aromatic carbocycles. The quantitative estimate of drug-likeness (QED) is 0.764. The Balaban J connectivity index is 1.43. The molecule has 8 nitrogen and oxygen atoms in total. The highest BCUT2D eigenvalue weighted by atomic mass is 32.2. The zero-order valence-corrected chi connectivity index (χ0v) is 15.7. The molecule has 2 aromatic rings. The van der Waals surface area contributed by atoms with Crippen LogP contribution in [0.4, 0.5) is 0 Å². The molecule has 1 atom stereocenters. The Morgan fingerprint density at radius 2 is 2.19 bits per heavy atom. The van der Waals surface area contributed by atoms with Crippen molar-refractivity contribution in [3.63, 3.8) is 0 Å². The summed E-state index contributed by atoms with van der Waals surface area (Å²) in [5.74, 6) is 0.923. The lowest BCUT2D eigenvalue weighted by Gasteiger charge is -2.49. The SMILES string of the molecule is Cc1ccnc(OCC2CCS(=O)(=O)C23CN(Cc2cc(C)on2)C3)n1. The average molecular weight is 378 g/mol. The Morgan fingerprint density at radius 3 is 2.88 bits per heavy atom. The van der Waals surface area contributed by atoms with Crippen molar-refractivity contribution in [2.45, 2.75) is 31.6 Å². The second-order valence-electron chi connectivity index (χ2n) is 7.23. The minimum absolute atomic E-state index is 0.0492. The van der Waals surface area contributed by atoms with Crippen molar-refractivity contribution in [3.8, 4) is 6.01 Å². The summed E-state index contributed by atoms with van der Waals surface area (Å²) in [4.78, 5) is 10.4. The van der Waals surface area contributed by atoms with Crippen LogP contribution in [-0.2, 0) is 16.4 Å². The third kappa shape index (κ3) is 2.99. The van der Waals surface area contributed by atoms with Crippen molar-refractivity contribution in [1.29, 1.82) is 0 Å². The van der Waals surface area contributed by atoms with Gasteiger partial charge in [0.2, 0.25) is 0 Å². The van der Waals surface area contributed by atoms with E-state index in [0.717, 1.165) is 17.1 Å². The van der Waals surface area contributed by atoms with Gasteiger partial charge in [0.15, 0.2) is 9.84 Å². The number of nitrogens with zero attached hydrogens (tertiary/aromatic N) is 4. The molecule has 4 heterocycles. The monoisotopic (exact) mass is 378 g/mol. The molecule has 26 heavy (non-hydrogen) atoms. The molecule has 0 radical (unpaired) electrons. The molecule has 4 rings (SSSR count). The van der Waals surface area contributed by atoms with Crippen LogP contribution in [0.1, 0.15) is 23.6 Å². The minimum atomic E-state index is -3.14. The number of aryl methyl sites for hydroxylation is 2. The molecule has 9 heteroatoms. The number of likely N-dealkylation sites (tertiary alicyclic amines) is 1. The Kier molecular flexibility index (Phi) is 4.23. The van der Waals surface area contributed by atoms with E-state index in [4.69, 9.17) is 9.26 Å². The van der Waals surface area contributed by atoms with Gasteiger partial charge >= 0.3 is 6.01 Å². The van der Waals surface area contributed by atoms with E-state index in [1.165, 1.54) is 0 Å². The molecule has 140 valence electrons. The van der Waals surface area contributed by atoms with Gasteiger partial charge in [-0.1, -0.05) is 5.16 Å². The molecule has 2 aliphatic heterocycles. The Labute approximate surface area is 152 Å². The molecule has 2 saturated heterocycles. The molecular weight excluding hydrogens is 356 g/mol. The Morgan fingerprint density at radius 1 is 1.38 bits per heavy atom. The summed E-state index contributed by atoms with van der Waals surface area (Å²) in [5, 5.41) is 3.98. The molecule has 0 amide bonds. The van der Waals surface area contributed by atoms with E-state index >= 15 is 0 Å². The van der Waals surface area contributed by atoms with Crippen LogP contribution in [0.2, 0.25) is 0 Å². The summed E-state index contributed by atoms with van der Waals surface area (Å²) in [6.07, 6.45) is 2.26. The van der Waals surface area contributed by atoms with Gasteiger partial charge in [0.05, 0.1) is 18.1 Å². The number of rotatable bonds is 5. The van der Waals surface area contributed by atoms with Gasteiger partial charge < -0.3 is 9.26 Å². The maximum Gasteiger partial charge on any atom is 0.316 e. The third-order valence-corrected chi connectivity index (χ3v) is 7.93. The zero-order chi connectivity index (χ0) is 18.4. The standard InChI is InChI=1S/C17H22N4O4S/c1-12-3-5-18-16(19-12)24-9-14-4-6-26(22,23)17(14)10-21(11-17)8-15-7-13(2)25-20-15/h3,5,7,14H,4,6,8-11H2,1-2H3. The maximum atomic E-state index is 12.7. The van der Waals surface area contributed by atoms with Crippen molar-refractivity contribution < 1.29 is 17.7 Å².